The minimum Gasteiger partial charge on any atom is -0.310 e. The van der Waals surface area contributed by atoms with Crippen molar-refractivity contribution in [2.45, 2.75) is 52.1 Å². The topological polar surface area (TPSA) is 55.2 Å². The Bertz CT molecular complexity index is 493. The first kappa shape index (κ1) is 15.3. The van der Waals surface area contributed by atoms with Crippen molar-refractivity contribution in [3.05, 3.63) is 38.9 Å². The summed E-state index contributed by atoms with van der Waals surface area (Å²) in [5.74, 6) is 0. The van der Waals surface area contributed by atoms with Gasteiger partial charge in [-0.25, -0.2) is 0 Å². The molecule has 1 aromatic carbocycles. The first-order valence-corrected chi connectivity index (χ1v) is 7.42. The number of hydrogen-bond donors (Lipinski definition) is 1. The largest absolute Gasteiger partial charge is 0.310 e. The standard InChI is InChI=1S/C15H21ClN2O2/c1-15(2)8-6-11(7-9-15)17-10-12-13(16)4-3-5-14(12)18(19)20/h3-5,11,17H,6-10H2,1-2H3. The van der Waals surface area contributed by atoms with Crippen LogP contribution in [0.2, 0.25) is 5.02 Å². The molecule has 0 aliphatic heterocycles. The Morgan fingerprint density at radius 3 is 2.65 bits per heavy atom. The van der Waals surface area contributed by atoms with Crippen LogP contribution in [0.3, 0.4) is 0 Å². The highest BCUT2D eigenvalue weighted by Crippen LogP contribution is 2.35. The first-order valence-electron chi connectivity index (χ1n) is 7.04. The van der Waals surface area contributed by atoms with Gasteiger partial charge in [-0.2, -0.15) is 0 Å². The average Bonchev–Trinajstić information content (AvgIpc) is 2.38. The number of nitro benzene ring substituents is 1. The molecule has 0 radical (unpaired) electrons. The number of benzene rings is 1. The highest BCUT2D eigenvalue weighted by Gasteiger charge is 2.27. The van der Waals surface area contributed by atoms with Crippen LogP contribution < -0.4 is 5.32 Å². The molecule has 0 unspecified atom stereocenters. The fourth-order valence-corrected chi connectivity index (χ4v) is 2.98. The Morgan fingerprint density at radius 2 is 2.05 bits per heavy atom. The molecule has 0 atom stereocenters. The summed E-state index contributed by atoms with van der Waals surface area (Å²) in [5.41, 5.74) is 1.11. The van der Waals surface area contributed by atoms with E-state index in [1.165, 1.54) is 18.9 Å². The minimum absolute atomic E-state index is 0.0983. The molecular weight excluding hydrogens is 276 g/mol. The SMILES string of the molecule is CC1(C)CCC(NCc2c(Cl)cccc2[N+](=O)[O-])CC1. The fraction of sp³-hybridized carbons (Fsp3) is 0.600. The van der Waals surface area contributed by atoms with Crippen molar-refractivity contribution in [2.24, 2.45) is 5.41 Å². The van der Waals surface area contributed by atoms with E-state index in [2.05, 4.69) is 19.2 Å². The summed E-state index contributed by atoms with van der Waals surface area (Å²) >= 11 is 6.09. The Hall–Kier alpha value is -1.13. The third-order valence-corrected chi connectivity index (χ3v) is 4.55. The van der Waals surface area contributed by atoms with Gasteiger partial charge in [0, 0.05) is 18.7 Å². The normalized spacial score (nSPS) is 18.9. The summed E-state index contributed by atoms with van der Waals surface area (Å²) in [7, 11) is 0. The third-order valence-electron chi connectivity index (χ3n) is 4.20. The van der Waals surface area contributed by atoms with E-state index < -0.39 is 0 Å². The maximum atomic E-state index is 11.0. The van der Waals surface area contributed by atoms with Crippen molar-refractivity contribution >= 4 is 17.3 Å². The van der Waals surface area contributed by atoms with Gasteiger partial charge in [0.05, 0.1) is 15.5 Å². The predicted octanol–water partition coefficient (Wildman–Crippen LogP) is 4.31. The van der Waals surface area contributed by atoms with Gasteiger partial charge in [-0.15, -0.1) is 0 Å². The van der Waals surface area contributed by atoms with Crippen LogP contribution in [0.4, 0.5) is 5.69 Å². The zero-order valence-corrected chi connectivity index (χ0v) is 12.7. The molecule has 4 nitrogen and oxygen atoms in total. The molecule has 1 saturated carbocycles. The van der Waals surface area contributed by atoms with Gasteiger partial charge in [0.2, 0.25) is 0 Å². The molecule has 0 spiro atoms. The molecule has 2 rings (SSSR count). The van der Waals surface area contributed by atoms with E-state index in [9.17, 15) is 10.1 Å². The molecule has 0 aromatic heterocycles. The molecule has 0 bridgehead atoms. The smallest absolute Gasteiger partial charge is 0.275 e. The molecule has 0 heterocycles. The minimum atomic E-state index is -0.368. The molecule has 1 aliphatic carbocycles. The molecule has 0 amide bonds. The van der Waals surface area contributed by atoms with Crippen LogP contribution in [0.15, 0.2) is 18.2 Å². The summed E-state index contributed by atoms with van der Waals surface area (Å²) in [6.45, 7) is 5.05. The molecular formula is C15H21ClN2O2. The molecule has 1 N–H and O–H groups in total. The number of halogens is 1. The van der Waals surface area contributed by atoms with Crippen molar-refractivity contribution < 1.29 is 4.92 Å². The van der Waals surface area contributed by atoms with E-state index in [1.54, 1.807) is 12.1 Å². The van der Waals surface area contributed by atoms with Gasteiger partial charge in [-0.05, 0) is 37.2 Å². The van der Waals surface area contributed by atoms with Gasteiger partial charge in [0.15, 0.2) is 0 Å². The summed E-state index contributed by atoms with van der Waals surface area (Å²) in [6, 6.07) is 5.26. The molecule has 110 valence electrons. The second kappa shape index (κ2) is 6.10. The van der Waals surface area contributed by atoms with E-state index in [0.717, 1.165) is 12.8 Å². The number of rotatable bonds is 4. The zero-order valence-electron chi connectivity index (χ0n) is 12.0. The van der Waals surface area contributed by atoms with E-state index in [0.29, 0.717) is 28.6 Å². The summed E-state index contributed by atoms with van der Waals surface area (Å²) in [4.78, 5) is 10.7. The van der Waals surface area contributed by atoms with E-state index in [4.69, 9.17) is 11.6 Å². The summed E-state index contributed by atoms with van der Waals surface area (Å²) in [5, 5.41) is 14.9. The second-order valence-electron chi connectivity index (χ2n) is 6.31. The lowest BCUT2D eigenvalue weighted by molar-refractivity contribution is -0.385. The van der Waals surface area contributed by atoms with Crippen molar-refractivity contribution in [3.63, 3.8) is 0 Å². The molecule has 5 heteroatoms. The number of nitrogens with one attached hydrogen (secondary N) is 1. The first-order chi connectivity index (χ1) is 9.39. The van der Waals surface area contributed by atoms with Crippen LogP contribution in [0.5, 0.6) is 0 Å². The number of hydrogen-bond acceptors (Lipinski definition) is 3. The van der Waals surface area contributed by atoms with Crippen molar-refractivity contribution in [1.29, 1.82) is 0 Å². The highest BCUT2D eigenvalue weighted by molar-refractivity contribution is 6.31. The molecule has 0 saturated heterocycles. The highest BCUT2D eigenvalue weighted by atomic mass is 35.5. The lowest BCUT2D eigenvalue weighted by Gasteiger charge is -2.34. The molecule has 1 aromatic rings. The van der Waals surface area contributed by atoms with Crippen molar-refractivity contribution in [3.8, 4) is 0 Å². The Kier molecular flexibility index (Phi) is 4.66. The molecule has 20 heavy (non-hydrogen) atoms. The maximum Gasteiger partial charge on any atom is 0.275 e. The lowest BCUT2D eigenvalue weighted by atomic mass is 9.75. The maximum absolute atomic E-state index is 11.0. The average molecular weight is 297 g/mol. The van der Waals surface area contributed by atoms with E-state index in [-0.39, 0.29) is 10.6 Å². The third kappa shape index (κ3) is 3.70. The Labute approximate surface area is 124 Å². The number of nitrogens with zero attached hydrogens (tertiary/aromatic N) is 1. The summed E-state index contributed by atoms with van der Waals surface area (Å²) in [6.07, 6.45) is 4.61. The Balaban J connectivity index is 2.00. The molecule has 1 fully saturated rings. The van der Waals surface area contributed by atoms with Gasteiger partial charge >= 0.3 is 0 Å². The van der Waals surface area contributed by atoms with Gasteiger partial charge in [0.1, 0.15) is 0 Å². The van der Waals surface area contributed by atoms with Crippen LogP contribution in [0.1, 0.15) is 45.1 Å². The van der Waals surface area contributed by atoms with Gasteiger partial charge in [-0.3, -0.25) is 10.1 Å². The second-order valence-corrected chi connectivity index (χ2v) is 6.72. The van der Waals surface area contributed by atoms with Crippen LogP contribution in [-0.4, -0.2) is 11.0 Å². The monoisotopic (exact) mass is 296 g/mol. The van der Waals surface area contributed by atoms with Crippen LogP contribution >= 0.6 is 11.6 Å². The van der Waals surface area contributed by atoms with Crippen LogP contribution in [-0.2, 0) is 6.54 Å². The Morgan fingerprint density at radius 1 is 1.40 bits per heavy atom. The van der Waals surface area contributed by atoms with Gasteiger partial charge in [0.25, 0.3) is 5.69 Å². The molecule has 1 aliphatic rings. The van der Waals surface area contributed by atoms with Crippen molar-refractivity contribution in [2.75, 3.05) is 0 Å². The van der Waals surface area contributed by atoms with E-state index >= 15 is 0 Å². The van der Waals surface area contributed by atoms with Crippen LogP contribution in [0.25, 0.3) is 0 Å². The van der Waals surface area contributed by atoms with Gasteiger partial charge < -0.3 is 5.32 Å². The van der Waals surface area contributed by atoms with Crippen molar-refractivity contribution in [1.82, 2.24) is 5.32 Å². The van der Waals surface area contributed by atoms with Gasteiger partial charge in [-0.1, -0.05) is 31.5 Å². The predicted molar refractivity (Wildman–Crippen MR) is 81.0 cm³/mol. The fourth-order valence-electron chi connectivity index (χ4n) is 2.74. The quantitative estimate of drug-likeness (QED) is 0.665. The summed E-state index contributed by atoms with van der Waals surface area (Å²) < 4.78 is 0. The van der Waals surface area contributed by atoms with E-state index in [1.807, 2.05) is 0 Å². The van der Waals surface area contributed by atoms with Crippen LogP contribution in [0, 0.1) is 15.5 Å². The number of nitro groups is 1. The lowest BCUT2D eigenvalue weighted by Crippen LogP contribution is -2.35. The zero-order chi connectivity index (χ0) is 14.8.